The van der Waals surface area contributed by atoms with Crippen LogP contribution in [0, 0.1) is 0 Å². The highest BCUT2D eigenvalue weighted by Crippen LogP contribution is 2.25. The van der Waals surface area contributed by atoms with Gasteiger partial charge in [0, 0.05) is 5.92 Å². The Morgan fingerprint density at radius 2 is 1.68 bits per heavy atom. The van der Waals surface area contributed by atoms with Crippen LogP contribution in [0.15, 0.2) is 42.2 Å². The van der Waals surface area contributed by atoms with Crippen LogP contribution < -0.4 is 0 Å². The van der Waals surface area contributed by atoms with Crippen LogP contribution in [0.4, 0.5) is 4.39 Å². The molecule has 19 heavy (non-hydrogen) atoms. The maximum absolute atomic E-state index is 14.0. The quantitative estimate of drug-likeness (QED) is 0.452. The summed E-state index contributed by atoms with van der Waals surface area (Å²) >= 11 is 0. The molecule has 0 spiro atoms. The van der Waals surface area contributed by atoms with Crippen molar-refractivity contribution in [1.29, 1.82) is 0 Å². The van der Waals surface area contributed by atoms with Crippen molar-refractivity contribution in [3.05, 3.63) is 47.8 Å². The van der Waals surface area contributed by atoms with E-state index in [2.05, 4.69) is 6.92 Å². The molecule has 0 N–H and O–H groups in total. The van der Waals surface area contributed by atoms with Crippen LogP contribution in [-0.2, 0) is 0 Å². The van der Waals surface area contributed by atoms with E-state index in [9.17, 15) is 4.39 Å². The third-order valence-electron chi connectivity index (χ3n) is 3.61. The third-order valence-corrected chi connectivity index (χ3v) is 3.61. The van der Waals surface area contributed by atoms with Crippen molar-refractivity contribution in [3.63, 3.8) is 0 Å². The van der Waals surface area contributed by atoms with Gasteiger partial charge >= 0.3 is 0 Å². The van der Waals surface area contributed by atoms with E-state index < -0.39 is 0 Å². The molecule has 1 atom stereocenters. The summed E-state index contributed by atoms with van der Waals surface area (Å²) in [6.07, 6.45) is 10.2. The molecule has 0 nitrogen and oxygen atoms in total. The molecule has 0 heterocycles. The zero-order valence-corrected chi connectivity index (χ0v) is 12.4. The average molecular weight is 262 g/mol. The summed E-state index contributed by atoms with van der Waals surface area (Å²) in [5.41, 5.74) is 1.05. The second-order valence-electron chi connectivity index (χ2n) is 5.28. The van der Waals surface area contributed by atoms with Gasteiger partial charge in [0.05, 0.1) is 0 Å². The van der Waals surface area contributed by atoms with Gasteiger partial charge < -0.3 is 0 Å². The van der Waals surface area contributed by atoms with Crippen LogP contribution in [0.25, 0.3) is 0 Å². The van der Waals surface area contributed by atoms with Crippen molar-refractivity contribution in [3.8, 4) is 0 Å². The Hall–Kier alpha value is -1.11. The molecule has 1 heteroatoms. The molecular weight excluding hydrogens is 235 g/mol. The molecule has 1 rings (SSSR count). The van der Waals surface area contributed by atoms with Crippen molar-refractivity contribution >= 4 is 0 Å². The van der Waals surface area contributed by atoms with E-state index >= 15 is 0 Å². The van der Waals surface area contributed by atoms with Gasteiger partial charge in [0.1, 0.15) is 5.83 Å². The molecule has 0 saturated heterocycles. The molecule has 0 saturated carbocycles. The number of unbranched alkanes of at least 4 members (excludes halogenated alkanes) is 6. The minimum absolute atomic E-state index is 0.0137. The van der Waals surface area contributed by atoms with Crippen molar-refractivity contribution < 1.29 is 4.39 Å². The van der Waals surface area contributed by atoms with Crippen LogP contribution in [0.2, 0.25) is 0 Å². The largest absolute Gasteiger partial charge is 0.212 e. The summed E-state index contributed by atoms with van der Waals surface area (Å²) in [5.74, 6) is -0.0963. The Kier molecular flexibility index (Phi) is 8.20. The van der Waals surface area contributed by atoms with Crippen LogP contribution >= 0.6 is 0 Å². The van der Waals surface area contributed by atoms with Gasteiger partial charge in [-0.1, -0.05) is 82.4 Å². The fourth-order valence-corrected chi connectivity index (χ4v) is 2.24. The van der Waals surface area contributed by atoms with Gasteiger partial charge in [0.2, 0.25) is 0 Å². The summed E-state index contributed by atoms with van der Waals surface area (Å²) in [6, 6.07) is 9.87. The van der Waals surface area contributed by atoms with E-state index in [0.717, 1.165) is 18.4 Å². The molecular formula is C18H27F. The molecule has 1 aromatic carbocycles. The van der Waals surface area contributed by atoms with Gasteiger partial charge in [-0.15, -0.1) is 0 Å². The molecule has 0 amide bonds. The van der Waals surface area contributed by atoms with Gasteiger partial charge in [-0.25, -0.2) is 4.39 Å². The number of benzene rings is 1. The number of hydrogen-bond acceptors (Lipinski definition) is 0. The van der Waals surface area contributed by atoms with Crippen LogP contribution in [0.3, 0.4) is 0 Å². The molecule has 0 aliphatic heterocycles. The maximum atomic E-state index is 14.0. The average Bonchev–Trinajstić information content (AvgIpc) is 2.46. The minimum atomic E-state index is -0.110. The number of rotatable bonds is 9. The highest BCUT2D eigenvalue weighted by atomic mass is 19.1. The Balaban J connectivity index is 2.25. The SMILES string of the molecule is CCCCCCCC/C=C(\F)[C@H](C)c1ccccc1. The van der Waals surface area contributed by atoms with Crippen molar-refractivity contribution in [2.24, 2.45) is 0 Å². The van der Waals surface area contributed by atoms with Gasteiger partial charge in [0.15, 0.2) is 0 Å². The van der Waals surface area contributed by atoms with Crippen LogP contribution in [-0.4, -0.2) is 0 Å². The van der Waals surface area contributed by atoms with E-state index in [1.807, 2.05) is 37.3 Å². The highest BCUT2D eigenvalue weighted by Gasteiger charge is 2.09. The lowest BCUT2D eigenvalue weighted by Crippen LogP contribution is -1.93. The third kappa shape index (κ3) is 6.56. The van der Waals surface area contributed by atoms with Crippen LogP contribution in [0.5, 0.6) is 0 Å². The Morgan fingerprint density at radius 3 is 2.37 bits per heavy atom. The molecule has 106 valence electrons. The van der Waals surface area contributed by atoms with Gasteiger partial charge in [0.25, 0.3) is 0 Å². The second-order valence-corrected chi connectivity index (χ2v) is 5.28. The zero-order valence-electron chi connectivity index (χ0n) is 12.4. The first-order chi connectivity index (χ1) is 9.25. The molecule has 0 bridgehead atoms. The van der Waals surface area contributed by atoms with Crippen molar-refractivity contribution in [1.82, 2.24) is 0 Å². The minimum Gasteiger partial charge on any atom is -0.212 e. The van der Waals surface area contributed by atoms with Gasteiger partial charge in [-0.2, -0.15) is 0 Å². The normalized spacial score (nSPS) is 13.5. The number of allylic oxidation sites excluding steroid dienone is 2. The molecule has 0 fully saturated rings. The lowest BCUT2D eigenvalue weighted by atomic mass is 9.99. The standard InChI is InChI=1S/C18H27F/c1-3-4-5-6-7-8-12-15-18(19)16(2)17-13-10-9-11-14-17/h9-11,13-16H,3-8,12H2,1-2H3/b18-15-/t16-/m1/s1. The summed E-state index contributed by atoms with van der Waals surface area (Å²) < 4.78 is 14.0. The fourth-order valence-electron chi connectivity index (χ4n) is 2.24. The van der Waals surface area contributed by atoms with E-state index in [-0.39, 0.29) is 11.7 Å². The first-order valence-corrected chi connectivity index (χ1v) is 7.66. The van der Waals surface area contributed by atoms with E-state index in [1.165, 1.54) is 32.1 Å². The van der Waals surface area contributed by atoms with Gasteiger partial charge in [-0.05, 0) is 18.4 Å². The molecule has 0 aromatic heterocycles. The van der Waals surface area contributed by atoms with E-state index in [4.69, 9.17) is 0 Å². The molecule has 0 aliphatic rings. The Labute approximate surface area is 117 Å². The summed E-state index contributed by atoms with van der Waals surface area (Å²) in [4.78, 5) is 0. The molecule has 1 aromatic rings. The second kappa shape index (κ2) is 9.77. The predicted molar refractivity (Wildman–Crippen MR) is 82.0 cm³/mol. The summed E-state index contributed by atoms with van der Waals surface area (Å²) in [6.45, 7) is 4.16. The van der Waals surface area contributed by atoms with Gasteiger partial charge in [-0.3, -0.25) is 0 Å². The Bertz CT molecular complexity index is 353. The topological polar surface area (TPSA) is 0 Å². The lowest BCUT2D eigenvalue weighted by molar-refractivity contribution is 0.552. The summed E-state index contributed by atoms with van der Waals surface area (Å²) in [7, 11) is 0. The molecule has 0 radical (unpaired) electrons. The maximum Gasteiger partial charge on any atom is 0.103 e. The smallest absolute Gasteiger partial charge is 0.103 e. The number of hydrogen-bond donors (Lipinski definition) is 0. The number of halogens is 1. The predicted octanol–water partition coefficient (Wildman–Crippen LogP) is 6.39. The first-order valence-electron chi connectivity index (χ1n) is 7.66. The summed E-state index contributed by atoms with van der Waals surface area (Å²) in [5, 5.41) is 0. The first kappa shape index (κ1) is 15.9. The lowest BCUT2D eigenvalue weighted by Gasteiger charge is -2.09. The van der Waals surface area contributed by atoms with Crippen molar-refractivity contribution in [2.45, 2.75) is 64.7 Å². The Morgan fingerprint density at radius 1 is 1.05 bits per heavy atom. The van der Waals surface area contributed by atoms with E-state index in [1.54, 1.807) is 6.08 Å². The molecule has 0 unspecified atom stereocenters. The zero-order chi connectivity index (χ0) is 13.9. The highest BCUT2D eigenvalue weighted by molar-refractivity contribution is 5.25. The van der Waals surface area contributed by atoms with E-state index in [0.29, 0.717) is 0 Å². The monoisotopic (exact) mass is 262 g/mol. The van der Waals surface area contributed by atoms with Crippen molar-refractivity contribution in [2.75, 3.05) is 0 Å². The molecule has 0 aliphatic carbocycles. The van der Waals surface area contributed by atoms with Crippen LogP contribution in [0.1, 0.15) is 70.3 Å². The fraction of sp³-hybridized carbons (Fsp3) is 0.556.